The second kappa shape index (κ2) is 11.4. The number of carbonyl (C=O) groups excluding carboxylic acids is 2. The molecule has 37 heavy (non-hydrogen) atoms. The molecule has 1 aliphatic heterocycles. The Labute approximate surface area is 220 Å². The molecule has 0 aromatic heterocycles. The maximum atomic E-state index is 13.4. The molecule has 0 saturated carbocycles. The molecule has 7 nitrogen and oxygen atoms in total. The van der Waals surface area contributed by atoms with Crippen molar-refractivity contribution in [3.8, 4) is 17.2 Å². The van der Waals surface area contributed by atoms with E-state index in [4.69, 9.17) is 25.8 Å². The second-order valence-corrected chi connectivity index (χ2v) is 8.81. The summed E-state index contributed by atoms with van der Waals surface area (Å²) in [6.45, 7) is 2.49. The number of hydrogen-bond donors (Lipinski definition) is 1. The van der Waals surface area contributed by atoms with E-state index in [0.717, 1.165) is 11.3 Å². The zero-order chi connectivity index (χ0) is 26.5. The Bertz CT molecular complexity index is 1330. The van der Waals surface area contributed by atoms with Gasteiger partial charge >= 0.3 is 0 Å². The Kier molecular flexibility index (Phi) is 8.04. The van der Waals surface area contributed by atoms with Crippen molar-refractivity contribution in [3.05, 3.63) is 94.0 Å². The number of ether oxygens (including phenoxy) is 3. The van der Waals surface area contributed by atoms with Crippen molar-refractivity contribution >= 4 is 29.1 Å². The molecule has 8 heteroatoms. The highest BCUT2D eigenvalue weighted by Crippen LogP contribution is 2.43. The summed E-state index contributed by atoms with van der Waals surface area (Å²) in [4.78, 5) is 28.2. The lowest BCUT2D eigenvalue weighted by Crippen LogP contribution is -2.31. The van der Waals surface area contributed by atoms with Gasteiger partial charge in [0.15, 0.2) is 0 Å². The van der Waals surface area contributed by atoms with Crippen LogP contribution in [-0.4, -0.2) is 49.1 Å². The van der Waals surface area contributed by atoms with Crippen LogP contribution in [0, 0.1) is 0 Å². The smallest absolute Gasteiger partial charge is 0.295 e. The first-order chi connectivity index (χ1) is 17.9. The van der Waals surface area contributed by atoms with Crippen molar-refractivity contribution in [1.29, 1.82) is 0 Å². The largest absolute Gasteiger partial charge is 0.507 e. The Morgan fingerprint density at radius 3 is 2.35 bits per heavy atom. The molecule has 1 unspecified atom stereocenters. The summed E-state index contributed by atoms with van der Waals surface area (Å²) in [5, 5.41) is 11.6. The summed E-state index contributed by atoms with van der Waals surface area (Å²) in [6.07, 6.45) is 0.489. The van der Waals surface area contributed by atoms with Crippen molar-refractivity contribution < 1.29 is 28.9 Å². The van der Waals surface area contributed by atoms with Gasteiger partial charge in [-0.1, -0.05) is 41.9 Å². The summed E-state index contributed by atoms with van der Waals surface area (Å²) in [5.74, 6) is -0.166. The molecule has 1 heterocycles. The Balaban J connectivity index is 1.81. The van der Waals surface area contributed by atoms with Gasteiger partial charge in [0.1, 0.15) is 23.0 Å². The van der Waals surface area contributed by atoms with E-state index in [2.05, 4.69) is 0 Å². The minimum absolute atomic E-state index is 0.0558. The van der Waals surface area contributed by atoms with Gasteiger partial charge in [-0.3, -0.25) is 9.59 Å². The number of para-hydroxylation sites is 1. The number of nitrogens with zero attached hydrogens (tertiary/aromatic N) is 1. The number of aliphatic hydroxyl groups is 1. The molecule has 192 valence electrons. The molecular formula is C29H28ClNO6. The molecule has 1 saturated heterocycles. The number of carbonyl (C=O) groups is 2. The van der Waals surface area contributed by atoms with Gasteiger partial charge in [0.2, 0.25) is 0 Å². The Morgan fingerprint density at radius 1 is 0.973 bits per heavy atom. The average Bonchev–Trinajstić information content (AvgIpc) is 3.17. The summed E-state index contributed by atoms with van der Waals surface area (Å²) in [5.41, 5.74) is 1.70. The fraction of sp³-hybridized carbons (Fsp3) is 0.241. The van der Waals surface area contributed by atoms with E-state index in [1.165, 1.54) is 12.0 Å². The van der Waals surface area contributed by atoms with Crippen molar-refractivity contribution in [2.24, 2.45) is 0 Å². The zero-order valence-electron chi connectivity index (χ0n) is 20.9. The molecular weight excluding hydrogens is 494 g/mol. The van der Waals surface area contributed by atoms with E-state index in [0.29, 0.717) is 30.1 Å². The van der Waals surface area contributed by atoms with Crippen LogP contribution in [0.4, 0.5) is 0 Å². The predicted octanol–water partition coefficient (Wildman–Crippen LogP) is 5.42. The number of likely N-dealkylation sites (tertiary alicyclic amines) is 1. The number of methoxy groups -OCH3 is 2. The summed E-state index contributed by atoms with van der Waals surface area (Å²) in [6, 6.07) is 18.6. The second-order valence-electron chi connectivity index (χ2n) is 8.41. The molecule has 1 N–H and O–H groups in total. The maximum Gasteiger partial charge on any atom is 0.295 e. The molecule has 0 aliphatic carbocycles. The first kappa shape index (κ1) is 26.1. The van der Waals surface area contributed by atoms with E-state index < -0.39 is 17.7 Å². The number of rotatable bonds is 9. The number of aliphatic hydroxyl groups excluding tert-OH is 1. The van der Waals surface area contributed by atoms with Crippen LogP contribution in [0.15, 0.2) is 72.3 Å². The number of halogens is 1. The topological polar surface area (TPSA) is 85.3 Å². The number of hydrogen-bond acceptors (Lipinski definition) is 6. The standard InChI is InChI=1S/C29H28ClNO6/c1-4-37-20-13-14-23(30)22(17-20)27(32)25-26(21-7-5-6-8-24(21)36-3)31(29(34)28(25)33)16-15-18-9-11-19(35-2)12-10-18/h5-14,17,26,32H,4,15-16H2,1-3H3/b27-25+. The third-order valence-electron chi connectivity index (χ3n) is 6.28. The van der Waals surface area contributed by atoms with Gasteiger partial charge < -0.3 is 24.2 Å². The van der Waals surface area contributed by atoms with Crippen molar-refractivity contribution in [3.63, 3.8) is 0 Å². The first-order valence-electron chi connectivity index (χ1n) is 11.9. The number of ketones is 1. The summed E-state index contributed by atoms with van der Waals surface area (Å²) < 4.78 is 16.3. The molecule has 1 aliphatic rings. The lowest BCUT2D eigenvalue weighted by Gasteiger charge is -2.26. The quantitative estimate of drug-likeness (QED) is 0.230. The number of Topliss-reactive ketones (excluding diaryl/α,β-unsaturated/α-hetero) is 1. The van der Waals surface area contributed by atoms with Crippen LogP contribution >= 0.6 is 11.6 Å². The summed E-state index contributed by atoms with van der Waals surface area (Å²) in [7, 11) is 3.11. The van der Waals surface area contributed by atoms with E-state index in [1.54, 1.807) is 49.6 Å². The van der Waals surface area contributed by atoms with Crippen LogP contribution in [0.3, 0.4) is 0 Å². The Morgan fingerprint density at radius 2 is 1.68 bits per heavy atom. The molecule has 1 atom stereocenters. The van der Waals surface area contributed by atoms with E-state index in [-0.39, 0.29) is 28.5 Å². The van der Waals surface area contributed by atoms with Crippen molar-refractivity contribution in [2.45, 2.75) is 19.4 Å². The Hall–Kier alpha value is -3.97. The predicted molar refractivity (Wildman–Crippen MR) is 141 cm³/mol. The van der Waals surface area contributed by atoms with E-state index >= 15 is 0 Å². The van der Waals surface area contributed by atoms with E-state index in [9.17, 15) is 14.7 Å². The minimum atomic E-state index is -0.874. The monoisotopic (exact) mass is 521 g/mol. The number of amides is 1. The van der Waals surface area contributed by atoms with Crippen molar-refractivity contribution in [1.82, 2.24) is 4.90 Å². The lowest BCUT2D eigenvalue weighted by molar-refractivity contribution is -0.139. The fourth-order valence-corrected chi connectivity index (χ4v) is 4.66. The van der Waals surface area contributed by atoms with Crippen LogP contribution in [0.2, 0.25) is 5.02 Å². The average molecular weight is 522 g/mol. The number of benzene rings is 3. The van der Waals surface area contributed by atoms with Gasteiger partial charge in [0.05, 0.1) is 37.5 Å². The first-order valence-corrected chi connectivity index (χ1v) is 12.2. The van der Waals surface area contributed by atoms with Crippen LogP contribution in [0.1, 0.15) is 29.7 Å². The highest BCUT2D eigenvalue weighted by Gasteiger charge is 2.47. The molecule has 1 amide bonds. The van der Waals surface area contributed by atoms with Gasteiger partial charge in [-0.25, -0.2) is 0 Å². The van der Waals surface area contributed by atoms with Gasteiger partial charge in [-0.2, -0.15) is 0 Å². The molecule has 1 fully saturated rings. The third kappa shape index (κ3) is 5.27. The molecule has 0 spiro atoms. The van der Waals surface area contributed by atoms with E-state index in [1.807, 2.05) is 31.2 Å². The van der Waals surface area contributed by atoms with Crippen LogP contribution in [0.25, 0.3) is 5.76 Å². The van der Waals surface area contributed by atoms with Crippen molar-refractivity contribution in [2.75, 3.05) is 27.4 Å². The zero-order valence-corrected chi connectivity index (χ0v) is 21.6. The summed E-state index contributed by atoms with van der Waals surface area (Å²) >= 11 is 6.41. The highest BCUT2D eigenvalue weighted by molar-refractivity contribution is 6.47. The molecule has 3 aromatic carbocycles. The SMILES string of the molecule is CCOc1ccc(Cl)c(/C(O)=C2\C(=O)C(=O)N(CCc3ccc(OC)cc3)C2c2ccccc2OC)c1. The van der Waals surface area contributed by atoms with Crippen LogP contribution in [-0.2, 0) is 16.0 Å². The lowest BCUT2D eigenvalue weighted by atomic mass is 9.94. The molecule has 4 rings (SSSR count). The van der Waals surface area contributed by atoms with Gasteiger partial charge in [-0.05, 0) is 55.3 Å². The van der Waals surface area contributed by atoms with Crippen LogP contribution < -0.4 is 14.2 Å². The van der Waals surface area contributed by atoms with Gasteiger partial charge in [0.25, 0.3) is 11.7 Å². The van der Waals surface area contributed by atoms with Gasteiger partial charge in [-0.15, -0.1) is 0 Å². The highest BCUT2D eigenvalue weighted by atomic mass is 35.5. The minimum Gasteiger partial charge on any atom is -0.507 e. The normalized spacial score (nSPS) is 16.6. The molecule has 0 radical (unpaired) electrons. The van der Waals surface area contributed by atoms with Gasteiger partial charge in [0, 0.05) is 17.7 Å². The maximum absolute atomic E-state index is 13.4. The fourth-order valence-electron chi connectivity index (χ4n) is 4.46. The molecule has 0 bridgehead atoms. The third-order valence-corrected chi connectivity index (χ3v) is 6.61. The molecule has 3 aromatic rings. The van der Waals surface area contributed by atoms with Crippen LogP contribution in [0.5, 0.6) is 17.2 Å².